The van der Waals surface area contributed by atoms with Gasteiger partial charge in [0, 0.05) is 23.1 Å². The first kappa shape index (κ1) is 19.0. The van der Waals surface area contributed by atoms with Crippen LogP contribution in [0.5, 0.6) is 11.5 Å². The standard InChI is InChI=1S/C21H16ClN3O4S/c22-13-4-1-11(2-5-13)9-30-21-24-19-18(20(27)25-21)14(8-17(26)23-19)12-3-6-15-16(7-12)29-10-28-15/h1-7,14H,8-10H2,(H2,23,24,25,26,27)/t14-/m1/s1. The van der Waals surface area contributed by atoms with Crippen LogP contribution in [0.15, 0.2) is 52.4 Å². The van der Waals surface area contributed by atoms with Crippen molar-refractivity contribution in [1.29, 1.82) is 0 Å². The molecular weight excluding hydrogens is 426 g/mol. The number of carbonyl (C=O) groups excluding carboxylic acids is 1. The quantitative estimate of drug-likeness (QED) is 0.471. The fourth-order valence-corrected chi connectivity index (χ4v) is 4.51. The molecule has 152 valence electrons. The van der Waals surface area contributed by atoms with E-state index in [2.05, 4.69) is 15.3 Å². The molecule has 2 aromatic carbocycles. The Bertz CT molecular complexity index is 1200. The van der Waals surface area contributed by atoms with Crippen LogP contribution in [0.4, 0.5) is 5.82 Å². The zero-order chi connectivity index (χ0) is 20.7. The Hall–Kier alpha value is -2.97. The summed E-state index contributed by atoms with van der Waals surface area (Å²) in [5.41, 5.74) is 2.04. The van der Waals surface area contributed by atoms with Gasteiger partial charge in [0.15, 0.2) is 16.7 Å². The number of aromatic nitrogens is 2. The second kappa shape index (κ2) is 7.70. The number of nitrogens with zero attached hydrogens (tertiary/aromatic N) is 1. The molecule has 3 heterocycles. The van der Waals surface area contributed by atoms with Gasteiger partial charge in [0.05, 0.1) is 5.56 Å². The van der Waals surface area contributed by atoms with E-state index in [-0.39, 0.29) is 24.7 Å². The molecule has 1 atom stereocenters. The molecule has 30 heavy (non-hydrogen) atoms. The van der Waals surface area contributed by atoms with Crippen molar-refractivity contribution in [2.24, 2.45) is 0 Å². The Balaban J connectivity index is 1.45. The molecule has 3 aromatic rings. The lowest BCUT2D eigenvalue weighted by atomic mass is 9.86. The number of amides is 1. The number of rotatable bonds is 4. The van der Waals surface area contributed by atoms with Crippen LogP contribution in [-0.2, 0) is 10.5 Å². The van der Waals surface area contributed by atoms with E-state index < -0.39 is 5.92 Å². The maximum absolute atomic E-state index is 12.9. The summed E-state index contributed by atoms with van der Waals surface area (Å²) in [7, 11) is 0. The minimum absolute atomic E-state index is 0.161. The lowest BCUT2D eigenvalue weighted by molar-refractivity contribution is -0.116. The fraction of sp³-hybridized carbons (Fsp3) is 0.190. The monoisotopic (exact) mass is 441 g/mol. The zero-order valence-electron chi connectivity index (χ0n) is 15.6. The largest absolute Gasteiger partial charge is 0.454 e. The molecule has 0 saturated carbocycles. The molecule has 9 heteroatoms. The van der Waals surface area contributed by atoms with Crippen LogP contribution in [0.25, 0.3) is 0 Å². The van der Waals surface area contributed by atoms with Gasteiger partial charge in [-0.25, -0.2) is 4.98 Å². The SMILES string of the molecule is O=C1C[C@H](c2ccc3c(c2)OCO3)c2c(nc(SCc3ccc(Cl)cc3)[nH]c2=O)N1. The molecule has 0 fully saturated rings. The smallest absolute Gasteiger partial charge is 0.257 e. The normalized spacial score (nSPS) is 16.8. The van der Waals surface area contributed by atoms with E-state index in [0.29, 0.717) is 38.8 Å². The van der Waals surface area contributed by atoms with Crippen LogP contribution in [0.3, 0.4) is 0 Å². The first-order valence-corrected chi connectivity index (χ1v) is 10.6. The van der Waals surface area contributed by atoms with Crippen molar-refractivity contribution >= 4 is 35.1 Å². The second-order valence-electron chi connectivity index (χ2n) is 6.97. The Kier molecular flexibility index (Phi) is 4.88. The number of thioether (sulfide) groups is 1. The highest BCUT2D eigenvalue weighted by Crippen LogP contribution is 2.40. The third kappa shape index (κ3) is 3.64. The Morgan fingerprint density at radius 3 is 2.73 bits per heavy atom. The Morgan fingerprint density at radius 1 is 1.10 bits per heavy atom. The van der Waals surface area contributed by atoms with Crippen LogP contribution < -0.4 is 20.3 Å². The number of H-pyrrole nitrogens is 1. The highest BCUT2D eigenvalue weighted by Gasteiger charge is 2.32. The Labute approximate surface area is 180 Å². The molecule has 2 aliphatic heterocycles. The van der Waals surface area contributed by atoms with E-state index >= 15 is 0 Å². The molecular formula is C21H16ClN3O4S. The van der Waals surface area contributed by atoms with E-state index in [4.69, 9.17) is 21.1 Å². The minimum Gasteiger partial charge on any atom is -0.454 e. The zero-order valence-corrected chi connectivity index (χ0v) is 17.2. The van der Waals surface area contributed by atoms with Gasteiger partial charge in [0.2, 0.25) is 12.7 Å². The summed E-state index contributed by atoms with van der Waals surface area (Å²) < 4.78 is 10.8. The van der Waals surface area contributed by atoms with Gasteiger partial charge in [-0.15, -0.1) is 0 Å². The van der Waals surface area contributed by atoms with Gasteiger partial charge in [-0.05, 0) is 35.4 Å². The summed E-state index contributed by atoms with van der Waals surface area (Å²) in [6.45, 7) is 0.164. The first-order valence-electron chi connectivity index (χ1n) is 9.27. The molecule has 1 aromatic heterocycles. The topological polar surface area (TPSA) is 93.3 Å². The third-order valence-corrected chi connectivity index (χ3v) is 6.21. The van der Waals surface area contributed by atoms with Crippen LogP contribution >= 0.6 is 23.4 Å². The first-order chi connectivity index (χ1) is 14.6. The van der Waals surface area contributed by atoms with Gasteiger partial charge in [-0.3, -0.25) is 9.59 Å². The average molecular weight is 442 g/mol. The summed E-state index contributed by atoms with van der Waals surface area (Å²) >= 11 is 7.30. The van der Waals surface area contributed by atoms with Gasteiger partial charge >= 0.3 is 0 Å². The van der Waals surface area contributed by atoms with E-state index in [9.17, 15) is 9.59 Å². The summed E-state index contributed by atoms with van der Waals surface area (Å²) in [5.74, 6) is 1.58. The lowest BCUT2D eigenvalue weighted by Gasteiger charge is -2.24. The highest BCUT2D eigenvalue weighted by atomic mass is 35.5. The maximum atomic E-state index is 12.9. The van der Waals surface area contributed by atoms with Gasteiger partial charge < -0.3 is 19.8 Å². The Morgan fingerprint density at radius 2 is 1.90 bits per heavy atom. The molecule has 0 radical (unpaired) electrons. The van der Waals surface area contributed by atoms with Crippen molar-refractivity contribution in [3.05, 3.63) is 74.5 Å². The predicted octanol–water partition coefficient (Wildman–Crippen LogP) is 3.92. The van der Waals surface area contributed by atoms with Gasteiger partial charge in [0.25, 0.3) is 5.56 Å². The molecule has 2 aliphatic rings. The third-order valence-electron chi connectivity index (χ3n) is 5.02. The minimum atomic E-state index is -0.408. The molecule has 1 amide bonds. The maximum Gasteiger partial charge on any atom is 0.257 e. The van der Waals surface area contributed by atoms with Crippen molar-refractivity contribution in [3.63, 3.8) is 0 Å². The van der Waals surface area contributed by atoms with Crippen molar-refractivity contribution in [2.45, 2.75) is 23.2 Å². The second-order valence-corrected chi connectivity index (χ2v) is 8.37. The molecule has 2 N–H and O–H groups in total. The van der Waals surface area contributed by atoms with E-state index in [1.54, 1.807) is 6.07 Å². The van der Waals surface area contributed by atoms with Crippen molar-refractivity contribution < 1.29 is 14.3 Å². The van der Waals surface area contributed by atoms with Crippen LogP contribution in [0, 0.1) is 0 Å². The number of nitrogens with one attached hydrogen (secondary N) is 2. The molecule has 0 bridgehead atoms. The van der Waals surface area contributed by atoms with E-state index in [1.807, 2.05) is 36.4 Å². The van der Waals surface area contributed by atoms with Crippen molar-refractivity contribution in [2.75, 3.05) is 12.1 Å². The summed E-state index contributed by atoms with van der Waals surface area (Å²) in [6, 6.07) is 12.9. The van der Waals surface area contributed by atoms with Crippen molar-refractivity contribution in [3.8, 4) is 11.5 Å². The molecule has 0 saturated heterocycles. The van der Waals surface area contributed by atoms with Gasteiger partial charge in [-0.1, -0.05) is 41.6 Å². The van der Waals surface area contributed by atoms with E-state index in [1.165, 1.54) is 11.8 Å². The number of hydrogen-bond acceptors (Lipinski definition) is 6. The van der Waals surface area contributed by atoms with Gasteiger partial charge in [-0.2, -0.15) is 0 Å². The molecule has 0 aliphatic carbocycles. The summed E-state index contributed by atoms with van der Waals surface area (Å²) in [4.78, 5) is 32.6. The molecule has 7 nitrogen and oxygen atoms in total. The number of benzene rings is 2. The van der Waals surface area contributed by atoms with Crippen LogP contribution in [0.1, 0.15) is 29.0 Å². The summed E-state index contributed by atoms with van der Waals surface area (Å²) in [5, 5.41) is 3.85. The lowest BCUT2D eigenvalue weighted by Crippen LogP contribution is -2.31. The van der Waals surface area contributed by atoms with Crippen molar-refractivity contribution in [1.82, 2.24) is 9.97 Å². The number of anilines is 1. The molecule has 0 spiro atoms. The summed E-state index contributed by atoms with van der Waals surface area (Å²) in [6.07, 6.45) is 0.161. The molecule has 0 unspecified atom stereocenters. The number of fused-ring (bicyclic) bond motifs is 2. The number of carbonyl (C=O) groups is 1. The van der Waals surface area contributed by atoms with Gasteiger partial charge in [0.1, 0.15) is 5.82 Å². The number of ether oxygens (including phenoxy) is 2. The number of aromatic amines is 1. The van der Waals surface area contributed by atoms with Crippen LogP contribution in [0.2, 0.25) is 5.02 Å². The van der Waals surface area contributed by atoms with E-state index in [0.717, 1.165) is 11.1 Å². The molecule has 5 rings (SSSR count). The predicted molar refractivity (Wildman–Crippen MR) is 114 cm³/mol. The van der Waals surface area contributed by atoms with Crippen LogP contribution in [-0.4, -0.2) is 22.7 Å². The average Bonchev–Trinajstić information content (AvgIpc) is 3.20. The highest BCUT2D eigenvalue weighted by molar-refractivity contribution is 7.98. The number of hydrogen-bond donors (Lipinski definition) is 2. The number of halogens is 1. The fourth-order valence-electron chi connectivity index (χ4n) is 3.57.